The summed E-state index contributed by atoms with van der Waals surface area (Å²) in [7, 11) is 1.35. The molecular formula is C31H44N2O11. The number of esters is 4. The van der Waals surface area contributed by atoms with E-state index in [0.29, 0.717) is 6.42 Å². The van der Waals surface area contributed by atoms with Crippen LogP contribution < -0.4 is 14.8 Å². The van der Waals surface area contributed by atoms with E-state index in [9.17, 15) is 24.0 Å². The first-order valence-electron chi connectivity index (χ1n) is 15.1. The van der Waals surface area contributed by atoms with E-state index in [4.69, 9.17) is 28.4 Å². The lowest BCUT2D eigenvalue weighted by molar-refractivity contribution is -0.177. The molecule has 2 aliphatic rings. The van der Waals surface area contributed by atoms with Crippen LogP contribution in [0, 0.1) is 23.7 Å². The first kappa shape index (κ1) is 34.6. The highest BCUT2D eigenvalue weighted by molar-refractivity contribution is 5.98. The molecular weight excluding hydrogens is 576 g/mol. The van der Waals surface area contributed by atoms with Crippen LogP contribution in [0.4, 0.5) is 0 Å². The number of nitrogens with zero attached hydrogens (tertiary/aromatic N) is 1. The summed E-state index contributed by atoms with van der Waals surface area (Å²) in [5, 5.41) is 2.50. The predicted molar refractivity (Wildman–Crippen MR) is 154 cm³/mol. The lowest BCUT2D eigenvalue weighted by atomic mass is 9.80. The van der Waals surface area contributed by atoms with Crippen LogP contribution in [0.25, 0.3) is 0 Å². The summed E-state index contributed by atoms with van der Waals surface area (Å²) in [4.78, 5) is 68.7. The number of hydrogen-bond donors (Lipinski definition) is 1. The molecule has 1 amide bonds. The van der Waals surface area contributed by atoms with Gasteiger partial charge in [0.25, 0.3) is 5.91 Å². The maximum Gasteiger partial charge on any atom is 0.332 e. The molecule has 3 rings (SSSR count). The maximum atomic E-state index is 13.5. The van der Waals surface area contributed by atoms with Crippen LogP contribution in [0.15, 0.2) is 12.3 Å². The number of ether oxygens (including phenoxy) is 6. The first-order chi connectivity index (χ1) is 20.9. The number of carbonyl (C=O) groups excluding carboxylic acids is 5. The van der Waals surface area contributed by atoms with Gasteiger partial charge >= 0.3 is 23.9 Å². The summed E-state index contributed by atoms with van der Waals surface area (Å²) < 4.78 is 32.8. The summed E-state index contributed by atoms with van der Waals surface area (Å²) in [5.74, 6) is -4.92. The van der Waals surface area contributed by atoms with E-state index < -0.39 is 79.2 Å². The molecule has 0 bridgehead atoms. The van der Waals surface area contributed by atoms with Crippen molar-refractivity contribution in [2.24, 2.45) is 23.7 Å². The van der Waals surface area contributed by atoms with E-state index in [1.54, 1.807) is 34.6 Å². The summed E-state index contributed by atoms with van der Waals surface area (Å²) >= 11 is 0. The molecule has 13 nitrogen and oxygen atoms in total. The van der Waals surface area contributed by atoms with E-state index in [1.807, 2.05) is 0 Å². The fourth-order valence-corrected chi connectivity index (χ4v) is 5.13. The van der Waals surface area contributed by atoms with E-state index in [2.05, 4.69) is 10.3 Å². The van der Waals surface area contributed by atoms with Gasteiger partial charge in [0.2, 0.25) is 6.79 Å². The van der Waals surface area contributed by atoms with Crippen molar-refractivity contribution in [1.29, 1.82) is 0 Å². The Morgan fingerprint density at radius 3 is 2.34 bits per heavy atom. The second kappa shape index (κ2) is 16.2. The minimum Gasteiger partial charge on any atom is -0.493 e. The van der Waals surface area contributed by atoms with E-state index >= 15 is 0 Å². The third-order valence-corrected chi connectivity index (χ3v) is 7.66. The zero-order valence-electron chi connectivity index (χ0n) is 26.3. The molecule has 244 valence electrons. The van der Waals surface area contributed by atoms with Gasteiger partial charge in [0.05, 0.1) is 24.9 Å². The lowest BCUT2D eigenvalue weighted by Gasteiger charge is -2.32. The Morgan fingerprint density at radius 2 is 1.70 bits per heavy atom. The molecule has 1 aliphatic carbocycles. The third-order valence-electron chi connectivity index (χ3n) is 7.66. The molecule has 1 aromatic rings. The number of amides is 1. The highest BCUT2D eigenvalue weighted by Crippen LogP contribution is 2.34. The number of hydrogen-bond acceptors (Lipinski definition) is 12. The molecule has 2 heterocycles. The first-order valence-corrected chi connectivity index (χ1v) is 15.1. The van der Waals surface area contributed by atoms with Gasteiger partial charge in [-0.15, -0.1) is 0 Å². The van der Waals surface area contributed by atoms with Gasteiger partial charge < -0.3 is 33.7 Å². The van der Waals surface area contributed by atoms with Gasteiger partial charge in [-0.05, 0) is 19.3 Å². The monoisotopic (exact) mass is 620 g/mol. The Kier molecular flexibility index (Phi) is 12.8. The predicted octanol–water partition coefficient (Wildman–Crippen LogP) is 3.37. The second-order valence-corrected chi connectivity index (χ2v) is 11.8. The minimum absolute atomic E-state index is 0.126. The number of rotatable bonds is 11. The summed E-state index contributed by atoms with van der Waals surface area (Å²) in [6.45, 7) is 7.18. The molecule has 0 spiro atoms. The van der Waals surface area contributed by atoms with Crippen molar-refractivity contribution in [2.45, 2.75) is 91.4 Å². The van der Waals surface area contributed by atoms with E-state index in [-0.39, 0.29) is 23.1 Å². The molecule has 2 fully saturated rings. The van der Waals surface area contributed by atoms with Crippen molar-refractivity contribution in [3.63, 3.8) is 0 Å². The zero-order chi connectivity index (χ0) is 32.4. The van der Waals surface area contributed by atoms with Gasteiger partial charge in [0, 0.05) is 12.3 Å². The van der Waals surface area contributed by atoms with E-state index in [1.165, 1.54) is 19.4 Å². The number of nitrogens with one attached hydrogen (secondary N) is 1. The highest BCUT2D eigenvalue weighted by atomic mass is 16.7. The quantitative estimate of drug-likeness (QED) is 0.218. The number of carbonyl (C=O) groups is 5. The fraction of sp³-hybridized carbons (Fsp3) is 0.677. The van der Waals surface area contributed by atoms with Gasteiger partial charge in [-0.25, -0.2) is 9.78 Å². The van der Waals surface area contributed by atoms with Crippen LogP contribution in [0.1, 0.15) is 83.6 Å². The Balaban J connectivity index is 1.82. The van der Waals surface area contributed by atoms with Gasteiger partial charge in [-0.1, -0.05) is 59.8 Å². The Bertz CT molecular complexity index is 1180. The summed E-state index contributed by atoms with van der Waals surface area (Å²) in [5.41, 5.74) is -0.268. The van der Waals surface area contributed by atoms with Crippen molar-refractivity contribution >= 4 is 29.8 Å². The number of pyridine rings is 1. The van der Waals surface area contributed by atoms with Gasteiger partial charge in [-0.2, -0.15) is 0 Å². The molecule has 1 saturated heterocycles. The topological polar surface area (TPSA) is 166 Å². The van der Waals surface area contributed by atoms with Crippen molar-refractivity contribution in [3.8, 4) is 11.5 Å². The molecule has 0 radical (unpaired) electrons. The molecule has 0 aromatic carbocycles. The lowest BCUT2D eigenvalue weighted by Crippen LogP contribution is -2.47. The zero-order valence-corrected chi connectivity index (χ0v) is 26.3. The van der Waals surface area contributed by atoms with Gasteiger partial charge in [-0.3, -0.25) is 19.2 Å². The molecule has 1 saturated carbocycles. The van der Waals surface area contributed by atoms with Crippen LogP contribution in [0.5, 0.6) is 11.5 Å². The Morgan fingerprint density at radius 1 is 1.02 bits per heavy atom. The summed E-state index contributed by atoms with van der Waals surface area (Å²) in [6.07, 6.45) is 4.76. The smallest absolute Gasteiger partial charge is 0.332 e. The molecule has 1 N–H and O–H groups in total. The number of methoxy groups -OCH3 is 1. The Hall–Kier alpha value is -3.90. The largest absolute Gasteiger partial charge is 0.493 e. The average Bonchev–Trinajstić information content (AvgIpc) is 3.03. The van der Waals surface area contributed by atoms with Crippen LogP contribution in [0.2, 0.25) is 0 Å². The fourth-order valence-electron chi connectivity index (χ4n) is 5.13. The molecule has 44 heavy (non-hydrogen) atoms. The highest BCUT2D eigenvalue weighted by Gasteiger charge is 2.43. The van der Waals surface area contributed by atoms with Crippen molar-refractivity contribution in [2.75, 3.05) is 20.5 Å². The van der Waals surface area contributed by atoms with Crippen molar-refractivity contribution in [3.05, 3.63) is 18.0 Å². The van der Waals surface area contributed by atoms with Gasteiger partial charge in [0.15, 0.2) is 29.3 Å². The van der Waals surface area contributed by atoms with E-state index in [0.717, 1.165) is 32.1 Å². The van der Waals surface area contributed by atoms with Gasteiger partial charge in [0.1, 0.15) is 12.7 Å². The molecule has 1 aliphatic heterocycles. The summed E-state index contributed by atoms with van der Waals surface area (Å²) in [6, 6.07) is 0.0301. The van der Waals surface area contributed by atoms with Crippen LogP contribution in [-0.2, 0) is 38.1 Å². The SMILES string of the molecule is COc1ccnc(C(=O)N[C@H]2COC(=O)[C@H](CC3CCCCC3)[C@@H](OC(=O)C(C)C)[C@H](C)OC2=O)c1OCOC(=O)C(C)C. The third kappa shape index (κ3) is 9.30. The van der Waals surface area contributed by atoms with Crippen LogP contribution >= 0.6 is 0 Å². The van der Waals surface area contributed by atoms with Crippen molar-refractivity contribution < 1.29 is 52.4 Å². The molecule has 13 heteroatoms. The molecule has 4 atom stereocenters. The maximum absolute atomic E-state index is 13.5. The second-order valence-electron chi connectivity index (χ2n) is 11.8. The molecule has 1 aromatic heterocycles. The average molecular weight is 621 g/mol. The van der Waals surface area contributed by atoms with Crippen molar-refractivity contribution in [1.82, 2.24) is 10.3 Å². The molecule has 0 unspecified atom stereocenters. The van der Waals surface area contributed by atoms with Crippen LogP contribution in [-0.4, -0.2) is 73.5 Å². The Labute approximate surface area is 257 Å². The number of cyclic esters (lactones) is 2. The number of aromatic nitrogens is 1. The standard InChI is InChI=1S/C31H44N2O11/c1-17(2)28(35)42-16-41-26-23(39-6)12-13-32-24(26)27(34)33-22-15-40-30(37)21(14-20-10-8-7-9-11-20)25(19(5)43-31(22)38)44-29(36)18(3)4/h12-13,17-22,25H,7-11,14-16H2,1-6H3,(H,33,34)/t19-,21+,22-,25-/m0/s1. The van der Waals surface area contributed by atoms with Crippen LogP contribution in [0.3, 0.4) is 0 Å². The minimum atomic E-state index is -1.41. The normalized spacial score (nSPS) is 23.0.